The van der Waals surface area contributed by atoms with E-state index < -0.39 is 38.4 Å². The van der Waals surface area contributed by atoms with Crippen LogP contribution in [0.5, 0.6) is 0 Å². The standard InChI is InChI=1S/C17H28O.Ca.2HO3P/c1-8-15(18)12-9-13(16(2,3)4)11-14(10-12)17(5,6)7;;2*1-4(2)3/h9-11,15,18H,8H2,1-7H3;;2*(H-,1,2,3)/q;-2;;/p+2. The SMILES string of the molecule is CCC(O)c1cc(C(C)(C)C)cc(C(C)(C)C)c1.O=[P](O)(O)[Ca][P](=O)(O)O. The molecule has 0 fully saturated rings. The van der Waals surface area contributed by atoms with Crippen molar-refractivity contribution in [3.05, 3.63) is 34.9 Å². The van der Waals surface area contributed by atoms with Crippen LogP contribution in [0, 0.1) is 0 Å². The first kappa shape index (κ1) is 27.7. The zero-order valence-electron chi connectivity index (χ0n) is 17.2. The van der Waals surface area contributed by atoms with Crippen molar-refractivity contribution in [3.8, 4) is 0 Å². The molecule has 0 aliphatic rings. The molecule has 0 aliphatic heterocycles. The number of hydrogen-bond acceptors (Lipinski definition) is 3. The number of rotatable bonds is 4. The number of hydrogen-bond donors (Lipinski definition) is 5. The van der Waals surface area contributed by atoms with Crippen molar-refractivity contribution in [3.63, 3.8) is 0 Å². The first-order valence-corrected chi connectivity index (χ1v) is 18.2. The van der Waals surface area contributed by atoms with E-state index in [2.05, 4.69) is 59.7 Å². The van der Waals surface area contributed by atoms with Gasteiger partial charge in [-0.1, -0.05) is 66.7 Å². The van der Waals surface area contributed by atoms with Crippen LogP contribution in [-0.2, 0) is 20.0 Å². The third-order valence-corrected chi connectivity index (χ3v) is 17.1. The molecule has 7 nitrogen and oxygen atoms in total. The van der Waals surface area contributed by atoms with Crippen molar-refractivity contribution in [1.82, 2.24) is 0 Å². The molecule has 0 radical (unpaired) electrons. The van der Waals surface area contributed by atoms with Gasteiger partial charge in [-0.25, -0.2) is 0 Å². The van der Waals surface area contributed by atoms with E-state index in [1.54, 1.807) is 0 Å². The monoisotopic (exact) mass is 450 g/mol. The van der Waals surface area contributed by atoms with Crippen LogP contribution in [0.3, 0.4) is 0 Å². The van der Waals surface area contributed by atoms with Gasteiger partial charge in [-0.3, -0.25) is 0 Å². The minimum absolute atomic E-state index is 0.115. The van der Waals surface area contributed by atoms with Gasteiger partial charge in [0, 0.05) is 0 Å². The number of aliphatic hydroxyl groups excluding tert-OH is 1. The summed E-state index contributed by atoms with van der Waals surface area (Å²) in [7, 11) is 0. The summed E-state index contributed by atoms with van der Waals surface area (Å²) in [5.74, 6) is 0. The molecule has 0 saturated carbocycles. The molecule has 1 atom stereocenters. The van der Waals surface area contributed by atoms with Gasteiger partial charge in [0.2, 0.25) is 0 Å². The summed E-state index contributed by atoms with van der Waals surface area (Å²) in [5.41, 5.74) is 3.89. The van der Waals surface area contributed by atoms with Crippen LogP contribution in [-0.4, -0.2) is 57.1 Å². The molecule has 0 aliphatic carbocycles. The summed E-state index contributed by atoms with van der Waals surface area (Å²) in [6.07, 6.45) is 0.408. The van der Waals surface area contributed by atoms with Gasteiger partial charge in [0.25, 0.3) is 0 Å². The molecule has 0 aromatic heterocycles. The van der Waals surface area contributed by atoms with E-state index in [1.807, 2.05) is 6.92 Å². The van der Waals surface area contributed by atoms with Gasteiger partial charge in [0.15, 0.2) is 0 Å². The Hall–Kier alpha value is 0.740. The van der Waals surface area contributed by atoms with Crippen LogP contribution in [0.4, 0.5) is 0 Å². The van der Waals surface area contributed by atoms with Crippen molar-refractivity contribution in [2.24, 2.45) is 0 Å². The van der Waals surface area contributed by atoms with Gasteiger partial charge in [-0.15, -0.1) is 0 Å². The second kappa shape index (κ2) is 10.2. The van der Waals surface area contributed by atoms with E-state index in [9.17, 15) is 14.2 Å². The van der Waals surface area contributed by atoms with E-state index in [0.717, 1.165) is 12.0 Å². The fourth-order valence-corrected chi connectivity index (χ4v) is 10.9. The van der Waals surface area contributed by atoms with Gasteiger partial charge in [-0.05, 0) is 33.9 Å². The zero-order valence-corrected chi connectivity index (χ0v) is 21.2. The minimum atomic E-state index is -4.36. The molecule has 0 bridgehead atoms. The van der Waals surface area contributed by atoms with E-state index >= 15 is 0 Å². The van der Waals surface area contributed by atoms with Crippen molar-refractivity contribution < 1.29 is 33.8 Å². The summed E-state index contributed by atoms with van der Waals surface area (Å²) >= 11 is -3.00. The summed E-state index contributed by atoms with van der Waals surface area (Å²) in [5, 5.41) is 10.1. The fraction of sp³-hybridized carbons (Fsp3) is 0.647. The molecule has 10 heteroatoms. The maximum atomic E-state index is 10.1. The third kappa shape index (κ3) is 12.1. The molecule has 27 heavy (non-hydrogen) atoms. The van der Waals surface area contributed by atoms with Crippen LogP contribution < -0.4 is 0 Å². The summed E-state index contributed by atoms with van der Waals surface area (Å²) in [4.78, 5) is 32.2. The molecule has 1 aromatic carbocycles. The number of benzene rings is 1. The molecule has 0 heterocycles. The van der Waals surface area contributed by atoms with Crippen LogP contribution in [0.1, 0.15) is 77.7 Å². The average molecular weight is 450 g/mol. The van der Waals surface area contributed by atoms with E-state index in [0.29, 0.717) is 0 Å². The third-order valence-electron chi connectivity index (χ3n) is 3.83. The van der Waals surface area contributed by atoms with Crippen molar-refractivity contribution in [2.75, 3.05) is 0 Å². The van der Waals surface area contributed by atoms with Crippen LogP contribution in [0.25, 0.3) is 0 Å². The second-order valence-corrected chi connectivity index (χ2v) is 24.2. The van der Waals surface area contributed by atoms with E-state index in [4.69, 9.17) is 19.6 Å². The van der Waals surface area contributed by atoms with Crippen molar-refractivity contribution in [1.29, 1.82) is 0 Å². The summed E-state index contributed by atoms with van der Waals surface area (Å²) < 4.78 is 11.1. The van der Waals surface area contributed by atoms with Crippen LogP contribution in [0.15, 0.2) is 18.2 Å². The molecular weight excluding hydrogens is 418 g/mol. The number of aliphatic hydroxyl groups is 1. The van der Waals surface area contributed by atoms with E-state index in [-0.39, 0.29) is 16.9 Å². The Morgan fingerprint density at radius 3 is 1.37 bits per heavy atom. The van der Waals surface area contributed by atoms with E-state index in [1.165, 1.54) is 11.1 Å². The Balaban J connectivity index is 0.000000636. The predicted octanol–water partition coefficient (Wildman–Crippen LogP) is 3.60. The average Bonchev–Trinajstić information content (AvgIpc) is 2.40. The maximum absolute atomic E-state index is 10.1. The Bertz CT molecular complexity index is 659. The predicted molar refractivity (Wildman–Crippen MR) is 109 cm³/mol. The fourth-order valence-electron chi connectivity index (χ4n) is 2.19. The molecule has 5 N–H and O–H groups in total. The first-order valence-electron chi connectivity index (χ1n) is 8.69. The zero-order chi connectivity index (χ0) is 21.8. The first-order chi connectivity index (χ1) is 11.8. The topological polar surface area (TPSA) is 135 Å². The molecule has 1 rings (SSSR count). The molecule has 1 unspecified atom stereocenters. The van der Waals surface area contributed by atoms with Crippen LogP contribution in [0.2, 0.25) is 0 Å². The molecule has 154 valence electrons. The Labute approximate surface area is 177 Å². The summed E-state index contributed by atoms with van der Waals surface area (Å²) in [6.45, 7) is 15.3. The van der Waals surface area contributed by atoms with Gasteiger partial charge in [-0.2, -0.15) is 0 Å². The Morgan fingerprint density at radius 2 is 1.19 bits per heavy atom. The molecule has 0 spiro atoms. The molecule has 0 amide bonds. The summed E-state index contributed by atoms with van der Waals surface area (Å²) in [6, 6.07) is 6.60. The molecular formula is C17H32CaO7P2. The van der Waals surface area contributed by atoms with Gasteiger partial charge in [0.1, 0.15) is 0 Å². The van der Waals surface area contributed by atoms with Crippen molar-refractivity contribution in [2.45, 2.75) is 71.8 Å². The molecule has 0 saturated heterocycles. The van der Waals surface area contributed by atoms with Gasteiger partial charge < -0.3 is 5.11 Å². The second-order valence-electron chi connectivity index (χ2n) is 8.74. The van der Waals surface area contributed by atoms with Crippen LogP contribution >= 0.6 is 6.02 Å². The van der Waals surface area contributed by atoms with Crippen molar-refractivity contribution >= 4 is 38.4 Å². The van der Waals surface area contributed by atoms with Gasteiger partial charge in [0.05, 0.1) is 6.10 Å². The normalized spacial score (nSPS) is 14.1. The Kier molecular flexibility index (Phi) is 10.4. The molecule has 1 aromatic rings. The quantitative estimate of drug-likeness (QED) is 0.349. The van der Waals surface area contributed by atoms with Gasteiger partial charge >= 0.3 is 67.1 Å². The Morgan fingerprint density at radius 1 is 0.852 bits per heavy atom.